The smallest absolute Gasteiger partial charge is 0.00509 e. The highest BCUT2D eigenvalue weighted by molar-refractivity contribution is 4.77. The highest BCUT2D eigenvalue weighted by atomic mass is 14.9. The number of nitrogens with one attached hydrogen (secondary N) is 2. The van der Waals surface area contributed by atoms with Crippen molar-refractivity contribution < 1.29 is 0 Å². The van der Waals surface area contributed by atoms with E-state index >= 15 is 0 Å². The van der Waals surface area contributed by atoms with Crippen LogP contribution < -0.4 is 16.4 Å². The van der Waals surface area contributed by atoms with Crippen LogP contribution in [0.5, 0.6) is 0 Å². The van der Waals surface area contributed by atoms with Gasteiger partial charge < -0.3 is 16.4 Å². The first-order valence-corrected chi connectivity index (χ1v) is 6.97. The quantitative estimate of drug-likeness (QED) is 0.528. The van der Waals surface area contributed by atoms with E-state index in [1.54, 1.807) is 0 Å². The lowest BCUT2D eigenvalue weighted by molar-refractivity contribution is 0.480. The van der Waals surface area contributed by atoms with E-state index in [2.05, 4.69) is 17.6 Å². The van der Waals surface area contributed by atoms with Gasteiger partial charge in [-0.1, -0.05) is 13.8 Å². The van der Waals surface area contributed by atoms with Gasteiger partial charge in [0.15, 0.2) is 0 Å². The summed E-state index contributed by atoms with van der Waals surface area (Å²) < 4.78 is 0. The zero-order valence-electron chi connectivity index (χ0n) is 11.4. The Hall–Kier alpha value is -0.120. The lowest BCUT2D eigenvalue weighted by Crippen LogP contribution is -2.31. The summed E-state index contributed by atoms with van der Waals surface area (Å²) in [7, 11) is 0. The first-order chi connectivity index (χ1) is 7.83. The van der Waals surface area contributed by atoms with Gasteiger partial charge >= 0.3 is 0 Å². The first-order valence-electron chi connectivity index (χ1n) is 6.97. The lowest BCUT2D eigenvalue weighted by atomic mass is 10.2. The van der Waals surface area contributed by atoms with Gasteiger partial charge in [-0.3, -0.25) is 0 Å². The standard InChI is InChI=1S/C11H25N3.C2H6/c1-10(14-9-11-3-4-11)5-8-13-7-2-6-12;1-2/h10-11,13-14H,2-9,12H2,1H3;1-2H3. The molecule has 1 rings (SSSR count). The van der Waals surface area contributed by atoms with Crippen molar-refractivity contribution in [2.45, 2.75) is 52.5 Å². The topological polar surface area (TPSA) is 50.1 Å². The average Bonchev–Trinajstić information content (AvgIpc) is 3.13. The minimum Gasteiger partial charge on any atom is -0.330 e. The normalized spacial score (nSPS) is 16.5. The van der Waals surface area contributed by atoms with Crippen LogP contribution in [0.1, 0.15) is 46.5 Å². The van der Waals surface area contributed by atoms with Gasteiger partial charge in [-0.2, -0.15) is 0 Å². The molecule has 0 amide bonds. The molecule has 0 spiro atoms. The Morgan fingerprint density at radius 3 is 2.50 bits per heavy atom. The van der Waals surface area contributed by atoms with Crippen LogP contribution in [0.15, 0.2) is 0 Å². The lowest BCUT2D eigenvalue weighted by Gasteiger charge is -2.13. The maximum absolute atomic E-state index is 5.41. The Kier molecular flexibility index (Phi) is 11.3. The van der Waals surface area contributed by atoms with Crippen LogP contribution in [0, 0.1) is 5.92 Å². The largest absolute Gasteiger partial charge is 0.330 e. The van der Waals surface area contributed by atoms with E-state index in [4.69, 9.17) is 5.73 Å². The molecule has 16 heavy (non-hydrogen) atoms. The van der Waals surface area contributed by atoms with Gasteiger partial charge in [0.05, 0.1) is 0 Å². The maximum atomic E-state index is 5.41. The summed E-state index contributed by atoms with van der Waals surface area (Å²) in [6, 6.07) is 0.654. The Bertz CT molecular complexity index is 135. The average molecular weight is 229 g/mol. The van der Waals surface area contributed by atoms with Gasteiger partial charge in [0.25, 0.3) is 0 Å². The highest BCUT2D eigenvalue weighted by Crippen LogP contribution is 2.27. The Balaban J connectivity index is 0.00000106. The van der Waals surface area contributed by atoms with Gasteiger partial charge in [0, 0.05) is 6.04 Å². The van der Waals surface area contributed by atoms with E-state index in [9.17, 15) is 0 Å². The van der Waals surface area contributed by atoms with Crippen LogP contribution in [-0.2, 0) is 0 Å². The third kappa shape index (κ3) is 10.4. The number of rotatable bonds is 9. The summed E-state index contributed by atoms with van der Waals surface area (Å²) >= 11 is 0. The fourth-order valence-electron chi connectivity index (χ4n) is 1.46. The van der Waals surface area contributed by atoms with Gasteiger partial charge in [0.1, 0.15) is 0 Å². The fraction of sp³-hybridized carbons (Fsp3) is 1.00. The minimum absolute atomic E-state index is 0.654. The molecule has 1 saturated carbocycles. The Labute approximate surface area is 102 Å². The molecule has 4 N–H and O–H groups in total. The Morgan fingerprint density at radius 2 is 1.94 bits per heavy atom. The molecule has 3 nitrogen and oxygen atoms in total. The number of nitrogens with two attached hydrogens (primary N) is 1. The monoisotopic (exact) mass is 229 g/mol. The number of hydrogen-bond acceptors (Lipinski definition) is 3. The zero-order valence-corrected chi connectivity index (χ0v) is 11.4. The molecule has 0 aromatic carbocycles. The van der Waals surface area contributed by atoms with Crippen molar-refractivity contribution in [3.8, 4) is 0 Å². The Morgan fingerprint density at radius 1 is 1.25 bits per heavy atom. The summed E-state index contributed by atoms with van der Waals surface area (Å²) in [6.07, 6.45) is 5.18. The molecule has 0 saturated heterocycles. The zero-order chi connectivity index (χ0) is 12.2. The molecule has 0 heterocycles. The van der Waals surface area contributed by atoms with E-state index in [0.717, 1.165) is 32.0 Å². The van der Waals surface area contributed by atoms with Crippen molar-refractivity contribution in [3.05, 3.63) is 0 Å². The molecule has 1 atom stereocenters. The predicted molar refractivity (Wildman–Crippen MR) is 72.7 cm³/mol. The molecule has 1 aliphatic carbocycles. The molecular formula is C13H31N3. The van der Waals surface area contributed by atoms with E-state index < -0.39 is 0 Å². The molecule has 0 radical (unpaired) electrons. The molecule has 1 unspecified atom stereocenters. The second-order valence-corrected chi connectivity index (χ2v) is 4.43. The molecule has 0 bridgehead atoms. The molecule has 1 aliphatic rings. The van der Waals surface area contributed by atoms with Gasteiger partial charge in [-0.15, -0.1) is 0 Å². The van der Waals surface area contributed by atoms with Crippen LogP contribution in [0.25, 0.3) is 0 Å². The third-order valence-corrected chi connectivity index (χ3v) is 2.76. The molecule has 0 aromatic heterocycles. The molecule has 0 aliphatic heterocycles. The van der Waals surface area contributed by atoms with Crippen LogP contribution in [0.4, 0.5) is 0 Å². The van der Waals surface area contributed by atoms with Crippen molar-refractivity contribution in [1.82, 2.24) is 10.6 Å². The first kappa shape index (κ1) is 15.9. The minimum atomic E-state index is 0.654. The van der Waals surface area contributed by atoms with Crippen LogP contribution in [0.2, 0.25) is 0 Å². The molecular weight excluding hydrogens is 198 g/mol. The summed E-state index contributed by atoms with van der Waals surface area (Å²) in [5, 5.41) is 6.97. The van der Waals surface area contributed by atoms with Gasteiger partial charge in [-0.05, 0) is 64.7 Å². The molecule has 0 aromatic rings. The summed E-state index contributed by atoms with van der Waals surface area (Å²) in [5.41, 5.74) is 5.41. The third-order valence-electron chi connectivity index (χ3n) is 2.76. The van der Waals surface area contributed by atoms with Crippen molar-refractivity contribution >= 4 is 0 Å². The van der Waals surface area contributed by atoms with Crippen molar-refractivity contribution in [2.75, 3.05) is 26.2 Å². The summed E-state index contributed by atoms with van der Waals surface area (Å²) in [6.45, 7) is 10.5. The van der Waals surface area contributed by atoms with Crippen LogP contribution in [-0.4, -0.2) is 32.2 Å². The molecule has 1 fully saturated rings. The van der Waals surface area contributed by atoms with Crippen molar-refractivity contribution in [3.63, 3.8) is 0 Å². The second-order valence-electron chi connectivity index (χ2n) is 4.43. The van der Waals surface area contributed by atoms with E-state index in [1.165, 1.54) is 25.8 Å². The van der Waals surface area contributed by atoms with Crippen molar-refractivity contribution in [1.29, 1.82) is 0 Å². The van der Waals surface area contributed by atoms with E-state index in [-0.39, 0.29) is 0 Å². The van der Waals surface area contributed by atoms with E-state index in [0.29, 0.717) is 6.04 Å². The maximum Gasteiger partial charge on any atom is 0.00509 e. The molecule has 98 valence electrons. The number of hydrogen-bond donors (Lipinski definition) is 3. The van der Waals surface area contributed by atoms with Crippen LogP contribution >= 0.6 is 0 Å². The molecule has 3 heteroatoms. The summed E-state index contributed by atoms with van der Waals surface area (Å²) in [5.74, 6) is 0.989. The van der Waals surface area contributed by atoms with Gasteiger partial charge in [0.2, 0.25) is 0 Å². The van der Waals surface area contributed by atoms with Gasteiger partial charge in [-0.25, -0.2) is 0 Å². The second kappa shape index (κ2) is 11.4. The highest BCUT2D eigenvalue weighted by Gasteiger charge is 2.20. The fourth-order valence-corrected chi connectivity index (χ4v) is 1.46. The summed E-state index contributed by atoms with van der Waals surface area (Å²) in [4.78, 5) is 0. The van der Waals surface area contributed by atoms with Crippen molar-refractivity contribution in [2.24, 2.45) is 11.7 Å². The predicted octanol–water partition coefficient (Wildman–Crippen LogP) is 1.73. The SMILES string of the molecule is CC.CC(CCNCCCN)NCC1CC1. The van der Waals surface area contributed by atoms with Crippen LogP contribution in [0.3, 0.4) is 0 Å². The van der Waals surface area contributed by atoms with E-state index in [1.807, 2.05) is 13.8 Å².